The molecule has 1 aromatic heterocycles. The van der Waals surface area contributed by atoms with Crippen molar-refractivity contribution in [2.75, 3.05) is 31.1 Å². The van der Waals surface area contributed by atoms with Crippen molar-refractivity contribution in [1.82, 2.24) is 14.9 Å². The average Bonchev–Trinajstić information content (AvgIpc) is 2.73. The van der Waals surface area contributed by atoms with Crippen molar-refractivity contribution < 1.29 is 15.0 Å². The maximum Gasteiger partial charge on any atom is 0.140 e. The zero-order valence-electron chi connectivity index (χ0n) is 15.3. The van der Waals surface area contributed by atoms with Gasteiger partial charge >= 0.3 is 0 Å². The third-order valence-corrected chi connectivity index (χ3v) is 5.65. The number of rotatable bonds is 3. The van der Waals surface area contributed by atoms with Crippen LogP contribution in [0.1, 0.15) is 0 Å². The second-order valence-corrected chi connectivity index (χ2v) is 7.64. The number of amides is 1. The van der Waals surface area contributed by atoms with Crippen LogP contribution in [0.5, 0.6) is 0 Å². The van der Waals surface area contributed by atoms with Crippen molar-refractivity contribution in [3.05, 3.63) is 52.8 Å². The van der Waals surface area contributed by atoms with E-state index in [-0.39, 0.29) is 13.2 Å². The van der Waals surface area contributed by atoms with Crippen LogP contribution in [0.15, 0.2) is 42.7 Å². The summed E-state index contributed by atoms with van der Waals surface area (Å²) in [5.74, 6) is 0.665. The average molecular weight is 432 g/mol. The fourth-order valence-electron chi connectivity index (χ4n) is 3.61. The smallest absolute Gasteiger partial charge is 0.140 e. The van der Waals surface area contributed by atoms with Gasteiger partial charge in [0, 0.05) is 35.6 Å². The number of anilines is 1. The van der Waals surface area contributed by atoms with Crippen LogP contribution in [0.25, 0.3) is 22.0 Å². The molecule has 2 aromatic carbocycles. The number of carboxylic acid groups (broad SMARTS) is 1. The number of hydrogen-bond donors (Lipinski definition) is 1. The number of hydrogen-bond acceptors (Lipinski definition) is 6. The summed E-state index contributed by atoms with van der Waals surface area (Å²) in [6, 6.07) is 10.5. The normalized spacial score (nSPS) is 17.0. The summed E-state index contributed by atoms with van der Waals surface area (Å²) in [4.78, 5) is 23.1. The van der Waals surface area contributed by atoms with Crippen LogP contribution in [-0.4, -0.2) is 58.4 Å². The van der Waals surface area contributed by atoms with E-state index in [1.165, 1.54) is 6.33 Å². The first-order valence-corrected chi connectivity index (χ1v) is 9.77. The number of aromatic nitrogens is 2. The van der Waals surface area contributed by atoms with E-state index in [1.54, 1.807) is 18.2 Å². The number of nitrogens with zero attached hydrogens (tertiary/aromatic N) is 4. The molecule has 0 radical (unpaired) electrons. The van der Waals surface area contributed by atoms with E-state index >= 15 is 0 Å². The number of carbonyl (C=O) groups is 1. The van der Waals surface area contributed by atoms with E-state index in [9.17, 15) is 15.0 Å². The lowest BCUT2D eigenvalue weighted by atomic mass is 10.0. The summed E-state index contributed by atoms with van der Waals surface area (Å²) in [7, 11) is 0. The Labute approximate surface area is 177 Å². The lowest BCUT2D eigenvalue weighted by molar-refractivity contribution is -0.269. The van der Waals surface area contributed by atoms with Crippen LogP contribution in [0, 0.1) is 0 Å². The first kappa shape index (κ1) is 19.7. The van der Waals surface area contributed by atoms with Crippen molar-refractivity contribution in [3.63, 3.8) is 0 Å². The fraction of sp³-hybridized carbons (Fsp3) is 0.250. The maximum atomic E-state index is 11.3. The standard InChI is InChI=1S/C20H18Cl2N4O3/c21-13-3-1-12(2-4-13)15-7-16-18(8-17(15)22)23-11-24-19(16)25-5-6-26(20(28)29)14(9-25)10-27/h1-4,7-8,11,14,27H,5-6,9-10H2,(H,28,29)/p-1. The number of fused-ring (bicyclic) bond motifs is 1. The molecular formula is C20H17Cl2N4O3-. The molecule has 1 aliphatic heterocycles. The van der Waals surface area contributed by atoms with E-state index in [0.29, 0.717) is 34.5 Å². The summed E-state index contributed by atoms with van der Waals surface area (Å²) in [6.07, 6.45) is 0.169. The minimum Gasteiger partial charge on any atom is -0.530 e. The van der Waals surface area contributed by atoms with Crippen molar-refractivity contribution in [1.29, 1.82) is 0 Å². The minimum atomic E-state index is -1.28. The first-order chi connectivity index (χ1) is 14.0. The predicted octanol–water partition coefficient (Wildman–Crippen LogP) is 2.43. The van der Waals surface area contributed by atoms with Crippen LogP contribution in [0.3, 0.4) is 0 Å². The Bertz CT molecular complexity index is 1060. The van der Waals surface area contributed by atoms with E-state index in [0.717, 1.165) is 21.4 Å². The van der Waals surface area contributed by atoms with Gasteiger partial charge in [0.05, 0.1) is 23.2 Å². The number of piperazine rings is 1. The highest BCUT2D eigenvalue weighted by atomic mass is 35.5. The summed E-state index contributed by atoms with van der Waals surface area (Å²) >= 11 is 12.5. The van der Waals surface area contributed by atoms with Gasteiger partial charge in [-0.2, -0.15) is 0 Å². The fourth-order valence-corrected chi connectivity index (χ4v) is 4.00. The molecule has 0 bridgehead atoms. The Morgan fingerprint density at radius 3 is 2.62 bits per heavy atom. The summed E-state index contributed by atoms with van der Waals surface area (Å²) < 4.78 is 0. The highest BCUT2D eigenvalue weighted by Gasteiger charge is 2.28. The molecule has 3 aromatic rings. The number of halogens is 2. The molecule has 4 rings (SSSR count). The van der Waals surface area contributed by atoms with Gasteiger partial charge in [-0.25, -0.2) is 9.97 Å². The second kappa shape index (κ2) is 8.02. The van der Waals surface area contributed by atoms with Gasteiger partial charge in [0.1, 0.15) is 18.2 Å². The molecule has 0 spiro atoms. The van der Waals surface area contributed by atoms with Gasteiger partial charge in [-0.15, -0.1) is 0 Å². The molecular weight excluding hydrogens is 415 g/mol. The quantitative estimate of drug-likeness (QED) is 0.684. The lowest BCUT2D eigenvalue weighted by Crippen LogP contribution is -2.59. The number of aliphatic hydroxyl groups excluding tert-OH is 1. The molecule has 1 unspecified atom stereocenters. The maximum absolute atomic E-state index is 11.3. The molecule has 1 aliphatic rings. The molecule has 9 heteroatoms. The SMILES string of the molecule is O=C([O-])N1CCN(c2ncnc3cc(Cl)c(-c4ccc(Cl)cc4)cc23)CC1CO. The van der Waals surface area contributed by atoms with E-state index in [1.807, 2.05) is 23.1 Å². The Balaban J connectivity index is 1.76. The molecule has 1 N–H and O–H groups in total. The van der Waals surface area contributed by atoms with Gasteiger partial charge in [-0.3, -0.25) is 0 Å². The van der Waals surface area contributed by atoms with Crippen LogP contribution in [-0.2, 0) is 0 Å². The number of carbonyl (C=O) groups excluding carboxylic acids is 1. The number of aliphatic hydroxyl groups is 1. The summed E-state index contributed by atoms with van der Waals surface area (Å²) in [6.45, 7) is 0.650. The van der Waals surface area contributed by atoms with Gasteiger partial charge < -0.3 is 24.8 Å². The molecule has 150 valence electrons. The molecule has 1 fully saturated rings. The van der Waals surface area contributed by atoms with E-state index < -0.39 is 12.1 Å². The van der Waals surface area contributed by atoms with Gasteiger partial charge in [-0.05, 0) is 29.8 Å². The Hall–Kier alpha value is -2.61. The zero-order valence-corrected chi connectivity index (χ0v) is 16.8. The third-order valence-electron chi connectivity index (χ3n) is 5.09. The van der Waals surface area contributed by atoms with Gasteiger partial charge in [0.2, 0.25) is 0 Å². The molecule has 1 amide bonds. The van der Waals surface area contributed by atoms with Crippen molar-refractivity contribution in [3.8, 4) is 11.1 Å². The van der Waals surface area contributed by atoms with Gasteiger partial charge in [0.15, 0.2) is 0 Å². The molecule has 1 atom stereocenters. The van der Waals surface area contributed by atoms with Crippen molar-refractivity contribution in [2.45, 2.75) is 6.04 Å². The van der Waals surface area contributed by atoms with Gasteiger partial charge in [-0.1, -0.05) is 35.3 Å². The summed E-state index contributed by atoms with van der Waals surface area (Å²) in [5, 5.41) is 22.9. The molecule has 29 heavy (non-hydrogen) atoms. The van der Waals surface area contributed by atoms with Crippen LogP contribution in [0.4, 0.5) is 10.6 Å². The van der Waals surface area contributed by atoms with Gasteiger partial charge in [0.25, 0.3) is 0 Å². The van der Waals surface area contributed by atoms with E-state index in [2.05, 4.69) is 9.97 Å². The first-order valence-electron chi connectivity index (χ1n) is 9.01. The zero-order chi connectivity index (χ0) is 20.5. The Kier molecular flexibility index (Phi) is 5.45. The monoisotopic (exact) mass is 431 g/mol. The Morgan fingerprint density at radius 2 is 1.93 bits per heavy atom. The minimum absolute atomic E-state index is 0.219. The molecule has 7 nitrogen and oxygen atoms in total. The van der Waals surface area contributed by atoms with Crippen LogP contribution >= 0.6 is 23.2 Å². The van der Waals surface area contributed by atoms with E-state index in [4.69, 9.17) is 23.2 Å². The topological polar surface area (TPSA) is 92.6 Å². The van der Waals surface area contributed by atoms with Crippen molar-refractivity contribution in [2.24, 2.45) is 0 Å². The second-order valence-electron chi connectivity index (χ2n) is 6.80. The molecule has 2 heterocycles. The third kappa shape index (κ3) is 3.81. The molecule has 1 saturated heterocycles. The number of benzene rings is 2. The molecule has 0 aliphatic carbocycles. The molecule has 0 saturated carbocycles. The largest absolute Gasteiger partial charge is 0.530 e. The highest BCUT2D eigenvalue weighted by molar-refractivity contribution is 6.34. The predicted molar refractivity (Wildman–Crippen MR) is 110 cm³/mol. The van der Waals surface area contributed by atoms with Crippen molar-refractivity contribution >= 4 is 46.0 Å². The Morgan fingerprint density at radius 1 is 1.17 bits per heavy atom. The van der Waals surface area contributed by atoms with Crippen LogP contribution in [0.2, 0.25) is 10.0 Å². The summed E-state index contributed by atoms with van der Waals surface area (Å²) in [5.41, 5.74) is 2.41. The van der Waals surface area contributed by atoms with Crippen LogP contribution < -0.4 is 10.0 Å². The lowest BCUT2D eigenvalue weighted by Gasteiger charge is -2.42. The highest BCUT2D eigenvalue weighted by Crippen LogP contribution is 2.35.